The summed E-state index contributed by atoms with van der Waals surface area (Å²) in [5.74, 6) is 1.36. The van der Waals surface area contributed by atoms with E-state index in [1.165, 1.54) is 12.8 Å². The Morgan fingerprint density at radius 2 is 1.95 bits per heavy atom. The number of fused-ring (bicyclic) bond motifs is 1. The number of rotatable bonds is 3. The molecule has 1 aliphatic rings. The van der Waals surface area contributed by atoms with Crippen molar-refractivity contribution in [3.05, 3.63) is 42.9 Å². The molecule has 0 spiro atoms. The number of benzene rings is 1. The van der Waals surface area contributed by atoms with E-state index in [0.29, 0.717) is 11.9 Å². The van der Waals surface area contributed by atoms with Gasteiger partial charge in [0.2, 0.25) is 0 Å². The average molecular weight is 277 g/mol. The quantitative estimate of drug-likeness (QED) is 0.769. The topological polar surface area (TPSA) is 76.7 Å². The Morgan fingerprint density at radius 3 is 2.81 bits per heavy atom. The number of pyridine rings is 1. The van der Waals surface area contributed by atoms with Crippen molar-refractivity contribution in [2.45, 2.75) is 18.9 Å². The average Bonchev–Trinajstić information content (AvgIpc) is 3.31. The molecular weight excluding hydrogens is 262 g/mol. The molecule has 3 aromatic rings. The van der Waals surface area contributed by atoms with Crippen LogP contribution in [0.1, 0.15) is 12.8 Å². The van der Waals surface area contributed by atoms with Crippen molar-refractivity contribution >= 4 is 22.4 Å². The van der Waals surface area contributed by atoms with Crippen LogP contribution in [0.2, 0.25) is 0 Å². The third-order valence-corrected chi connectivity index (χ3v) is 3.60. The standard InChI is InChI=1S/C16H15N5/c17-15-6-12-5-10(1-2-11(12)7-19-15)14-8-18-9-16(21-14)20-13-3-4-13/h1-2,5-9,13H,3-4H2,(H2,17,19)(H,20,21). The van der Waals surface area contributed by atoms with Crippen molar-refractivity contribution in [2.24, 2.45) is 0 Å². The highest BCUT2D eigenvalue weighted by atomic mass is 15.1. The summed E-state index contributed by atoms with van der Waals surface area (Å²) >= 11 is 0. The van der Waals surface area contributed by atoms with E-state index < -0.39 is 0 Å². The lowest BCUT2D eigenvalue weighted by Gasteiger charge is -2.07. The number of anilines is 2. The van der Waals surface area contributed by atoms with Gasteiger partial charge in [0.05, 0.1) is 18.1 Å². The fourth-order valence-electron chi connectivity index (χ4n) is 2.33. The van der Waals surface area contributed by atoms with Gasteiger partial charge in [-0.25, -0.2) is 9.97 Å². The van der Waals surface area contributed by atoms with Crippen LogP contribution < -0.4 is 11.1 Å². The smallest absolute Gasteiger partial charge is 0.145 e. The van der Waals surface area contributed by atoms with Gasteiger partial charge in [0.15, 0.2) is 0 Å². The highest BCUT2D eigenvalue weighted by molar-refractivity contribution is 5.87. The van der Waals surface area contributed by atoms with Crippen LogP contribution in [0, 0.1) is 0 Å². The van der Waals surface area contributed by atoms with Gasteiger partial charge in [0.25, 0.3) is 0 Å². The molecule has 0 radical (unpaired) electrons. The van der Waals surface area contributed by atoms with E-state index in [-0.39, 0.29) is 0 Å². The summed E-state index contributed by atoms with van der Waals surface area (Å²) in [4.78, 5) is 13.0. The molecule has 3 N–H and O–H groups in total. The first-order chi connectivity index (χ1) is 10.3. The Labute approximate surface area is 122 Å². The van der Waals surface area contributed by atoms with Gasteiger partial charge in [-0.15, -0.1) is 0 Å². The molecule has 4 rings (SSSR count). The first-order valence-electron chi connectivity index (χ1n) is 7.02. The predicted octanol–water partition coefficient (Wildman–Crippen LogP) is 2.85. The third kappa shape index (κ3) is 2.50. The van der Waals surface area contributed by atoms with Crippen molar-refractivity contribution in [1.29, 1.82) is 0 Å². The molecule has 21 heavy (non-hydrogen) atoms. The third-order valence-electron chi connectivity index (χ3n) is 3.60. The summed E-state index contributed by atoms with van der Waals surface area (Å²) in [6.45, 7) is 0. The van der Waals surface area contributed by atoms with Crippen LogP contribution in [0.5, 0.6) is 0 Å². The first kappa shape index (κ1) is 12.1. The predicted molar refractivity (Wildman–Crippen MR) is 83.8 cm³/mol. The van der Waals surface area contributed by atoms with Crippen LogP contribution in [0.3, 0.4) is 0 Å². The fraction of sp³-hybridized carbons (Fsp3) is 0.188. The number of hydrogen-bond donors (Lipinski definition) is 2. The number of nitrogen functional groups attached to an aromatic ring is 1. The van der Waals surface area contributed by atoms with Crippen molar-refractivity contribution in [1.82, 2.24) is 15.0 Å². The summed E-state index contributed by atoms with van der Waals surface area (Å²) in [6.07, 6.45) is 7.77. The van der Waals surface area contributed by atoms with E-state index in [0.717, 1.165) is 27.8 Å². The molecule has 0 saturated heterocycles. The summed E-state index contributed by atoms with van der Waals surface area (Å²) in [7, 11) is 0. The van der Waals surface area contributed by atoms with E-state index in [4.69, 9.17) is 5.73 Å². The second-order valence-electron chi connectivity index (χ2n) is 5.38. The van der Waals surface area contributed by atoms with Crippen LogP contribution >= 0.6 is 0 Å². The lowest BCUT2D eigenvalue weighted by atomic mass is 10.1. The number of hydrogen-bond acceptors (Lipinski definition) is 5. The van der Waals surface area contributed by atoms with E-state index in [1.54, 1.807) is 18.6 Å². The van der Waals surface area contributed by atoms with Crippen LogP contribution in [-0.2, 0) is 0 Å². The lowest BCUT2D eigenvalue weighted by Crippen LogP contribution is -2.03. The molecule has 0 amide bonds. The second-order valence-corrected chi connectivity index (χ2v) is 5.38. The molecule has 5 heteroatoms. The van der Waals surface area contributed by atoms with Crippen molar-refractivity contribution < 1.29 is 0 Å². The minimum absolute atomic E-state index is 0.523. The summed E-state index contributed by atoms with van der Waals surface area (Å²) in [6, 6.07) is 8.57. The normalized spacial score (nSPS) is 14.3. The molecule has 1 fully saturated rings. The van der Waals surface area contributed by atoms with Gasteiger partial charge in [-0.3, -0.25) is 4.98 Å². The summed E-state index contributed by atoms with van der Waals surface area (Å²) in [5, 5.41) is 5.49. The summed E-state index contributed by atoms with van der Waals surface area (Å²) in [5.41, 5.74) is 7.64. The van der Waals surface area contributed by atoms with Crippen LogP contribution in [-0.4, -0.2) is 21.0 Å². The van der Waals surface area contributed by atoms with Crippen molar-refractivity contribution in [3.8, 4) is 11.3 Å². The Hall–Kier alpha value is -2.69. The molecule has 1 saturated carbocycles. The molecule has 0 aliphatic heterocycles. The summed E-state index contributed by atoms with van der Waals surface area (Å²) < 4.78 is 0. The second kappa shape index (κ2) is 4.70. The number of nitrogens with two attached hydrogens (primary N) is 1. The minimum atomic E-state index is 0.523. The lowest BCUT2D eigenvalue weighted by molar-refractivity contribution is 1.09. The molecule has 0 atom stereocenters. The number of nitrogens with one attached hydrogen (secondary N) is 1. The zero-order valence-electron chi connectivity index (χ0n) is 11.5. The van der Waals surface area contributed by atoms with Crippen LogP contribution in [0.25, 0.3) is 22.0 Å². The molecule has 2 heterocycles. The zero-order valence-corrected chi connectivity index (χ0v) is 11.5. The largest absolute Gasteiger partial charge is 0.384 e. The molecule has 0 bridgehead atoms. The minimum Gasteiger partial charge on any atom is -0.384 e. The molecule has 1 aromatic carbocycles. The van der Waals surface area contributed by atoms with E-state index in [2.05, 4.69) is 26.3 Å². The number of aromatic nitrogens is 3. The number of nitrogens with zero attached hydrogens (tertiary/aromatic N) is 3. The molecular formula is C16H15N5. The Balaban J connectivity index is 1.74. The van der Waals surface area contributed by atoms with Crippen molar-refractivity contribution in [3.63, 3.8) is 0 Å². The van der Waals surface area contributed by atoms with Crippen LogP contribution in [0.15, 0.2) is 42.9 Å². The van der Waals surface area contributed by atoms with Crippen molar-refractivity contribution in [2.75, 3.05) is 11.1 Å². The van der Waals surface area contributed by atoms with Gasteiger partial charge in [-0.05, 0) is 30.4 Å². The highest BCUT2D eigenvalue weighted by Gasteiger charge is 2.21. The van der Waals surface area contributed by atoms with Gasteiger partial charge in [0, 0.05) is 23.2 Å². The Bertz CT molecular complexity index is 811. The SMILES string of the molecule is Nc1cc2cc(-c3cncc(NC4CC4)n3)ccc2cn1. The highest BCUT2D eigenvalue weighted by Crippen LogP contribution is 2.26. The van der Waals surface area contributed by atoms with Gasteiger partial charge in [-0.2, -0.15) is 0 Å². The monoisotopic (exact) mass is 277 g/mol. The van der Waals surface area contributed by atoms with Crippen LogP contribution in [0.4, 0.5) is 11.6 Å². The molecule has 5 nitrogen and oxygen atoms in total. The van der Waals surface area contributed by atoms with E-state index in [9.17, 15) is 0 Å². The molecule has 2 aromatic heterocycles. The zero-order chi connectivity index (χ0) is 14.2. The maximum atomic E-state index is 5.75. The molecule has 1 aliphatic carbocycles. The fourth-order valence-corrected chi connectivity index (χ4v) is 2.33. The maximum absolute atomic E-state index is 5.75. The van der Waals surface area contributed by atoms with E-state index in [1.807, 2.05) is 18.2 Å². The van der Waals surface area contributed by atoms with Gasteiger partial charge in [-0.1, -0.05) is 12.1 Å². The van der Waals surface area contributed by atoms with Gasteiger partial charge >= 0.3 is 0 Å². The van der Waals surface area contributed by atoms with Gasteiger partial charge in [0.1, 0.15) is 11.6 Å². The maximum Gasteiger partial charge on any atom is 0.145 e. The Morgan fingerprint density at radius 1 is 1.05 bits per heavy atom. The van der Waals surface area contributed by atoms with E-state index >= 15 is 0 Å². The molecule has 0 unspecified atom stereocenters. The first-order valence-corrected chi connectivity index (χ1v) is 7.02. The Kier molecular flexibility index (Phi) is 2.70. The molecule has 104 valence electrons. The van der Waals surface area contributed by atoms with Gasteiger partial charge < -0.3 is 11.1 Å².